The first-order valence-corrected chi connectivity index (χ1v) is 7.88. The molecule has 118 valence electrons. The van der Waals surface area contributed by atoms with Gasteiger partial charge < -0.3 is 25.0 Å². The van der Waals surface area contributed by atoms with Gasteiger partial charge in [0.2, 0.25) is 0 Å². The Hall–Kier alpha value is -0.200. The number of hydrogen-bond donors (Lipinski definition) is 3. The number of aliphatic hydroxyl groups is 2. The predicted molar refractivity (Wildman–Crippen MR) is 76.6 cm³/mol. The molecular weight excluding hydrogens is 258 g/mol. The highest BCUT2D eigenvalue weighted by molar-refractivity contribution is 4.85. The average Bonchev–Trinajstić information content (AvgIpc) is 2.85. The van der Waals surface area contributed by atoms with Crippen LogP contribution in [0.1, 0.15) is 39.0 Å². The summed E-state index contributed by atoms with van der Waals surface area (Å²) in [6.07, 6.45) is 5.13. The number of aliphatic hydroxyl groups excluding tert-OH is 1. The van der Waals surface area contributed by atoms with E-state index in [9.17, 15) is 10.2 Å². The van der Waals surface area contributed by atoms with Crippen molar-refractivity contribution in [3.8, 4) is 0 Å². The van der Waals surface area contributed by atoms with Crippen molar-refractivity contribution in [3.05, 3.63) is 0 Å². The fraction of sp³-hybridized carbons (Fsp3) is 1.00. The highest BCUT2D eigenvalue weighted by atomic mass is 16.5. The number of nitrogens with one attached hydrogen (secondary N) is 1. The number of hydrogen-bond acceptors (Lipinski definition) is 5. The minimum absolute atomic E-state index is 0.313. The summed E-state index contributed by atoms with van der Waals surface area (Å²) in [6, 6.07) is 0. The maximum absolute atomic E-state index is 10.1. The van der Waals surface area contributed by atoms with Crippen molar-refractivity contribution in [1.29, 1.82) is 0 Å². The van der Waals surface area contributed by atoms with Gasteiger partial charge in [-0.1, -0.05) is 6.92 Å². The van der Waals surface area contributed by atoms with Gasteiger partial charge in [0.1, 0.15) is 5.60 Å². The van der Waals surface area contributed by atoms with Crippen LogP contribution in [0.25, 0.3) is 0 Å². The molecule has 0 aromatic carbocycles. The van der Waals surface area contributed by atoms with Crippen LogP contribution in [0, 0.1) is 5.92 Å². The molecule has 0 bridgehead atoms. The lowest BCUT2D eigenvalue weighted by Crippen LogP contribution is -2.44. The summed E-state index contributed by atoms with van der Waals surface area (Å²) in [5.41, 5.74) is -0.764. The van der Waals surface area contributed by atoms with E-state index >= 15 is 0 Å². The van der Waals surface area contributed by atoms with E-state index in [1.165, 1.54) is 12.8 Å². The summed E-state index contributed by atoms with van der Waals surface area (Å²) in [6.45, 7) is 4.57. The lowest BCUT2D eigenvalue weighted by molar-refractivity contribution is -0.0303. The minimum atomic E-state index is -0.764. The zero-order valence-electron chi connectivity index (χ0n) is 12.5. The van der Waals surface area contributed by atoms with Gasteiger partial charge in [0.05, 0.1) is 25.4 Å². The van der Waals surface area contributed by atoms with Gasteiger partial charge in [0.25, 0.3) is 0 Å². The van der Waals surface area contributed by atoms with Gasteiger partial charge >= 0.3 is 0 Å². The summed E-state index contributed by atoms with van der Waals surface area (Å²) >= 11 is 0. The van der Waals surface area contributed by atoms with Crippen molar-refractivity contribution in [2.75, 3.05) is 32.9 Å². The van der Waals surface area contributed by atoms with Crippen LogP contribution in [0.4, 0.5) is 0 Å². The smallest absolute Gasteiger partial charge is 0.102 e. The zero-order valence-corrected chi connectivity index (χ0v) is 12.5. The summed E-state index contributed by atoms with van der Waals surface area (Å²) in [7, 11) is 0. The summed E-state index contributed by atoms with van der Waals surface area (Å²) in [4.78, 5) is 0. The molecule has 1 saturated heterocycles. The molecule has 0 amide bonds. The van der Waals surface area contributed by atoms with Crippen molar-refractivity contribution in [1.82, 2.24) is 5.32 Å². The normalized spacial score (nSPS) is 36.1. The maximum atomic E-state index is 10.1. The third kappa shape index (κ3) is 5.30. The Morgan fingerprint density at radius 3 is 2.75 bits per heavy atom. The lowest BCUT2D eigenvalue weighted by atomic mass is 9.89. The molecule has 0 aromatic rings. The van der Waals surface area contributed by atoms with E-state index < -0.39 is 11.7 Å². The Labute approximate surface area is 121 Å². The highest BCUT2D eigenvalue weighted by Crippen LogP contribution is 2.25. The van der Waals surface area contributed by atoms with Crippen LogP contribution in [0.2, 0.25) is 0 Å². The SMILES string of the molecule is CC1CCC(OCC(O)CNCC2(O)CCOC2)CC1. The molecule has 5 nitrogen and oxygen atoms in total. The molecule has 1 saturated carbocycles. The molecule has 1 aliphatic carbocycles. The monoisotopic (exact) mass is 287 g/mol. The van der Waals surface area contributed by atoms with Crippen molar-refractivity contribution in [2.24, 2.45) is 5.92 Å². The molecule has 0 spiro atoms. The Morgan fingerprint density at radius 2 is 2.10 bits per heavy atom. The van der Waals surface area contributed by atoms with E-state index in [0.29, 0.717) is 45.4 Å². The first-order valence-electron chi connectivity index (χ1n) is 7.88. The van der Waals surface area contributed by atoms with Gasteiger partial charge in [0, 0.05) is 26.1 Å². The van der Waals surface area contributed by atoms with E-state index in [2.05, 4.69) is 12.2 Å². The lowest BCUT2D eigenvalue weighted by Gasteiger charge is -2.27. The zero-order chi connectivity index (χ0) is 14.4. The minimum Gasteiger partial charge on any atom is -0.389 e. The van der Waals surface area contributed by atoms with Crippen LogP contribution in [0.5, 0.6) is 0 Å². The first-order chi connectivity index (χ1) is 9.57. The molecule has 20 heavy (non-hydrogen) atoms. The second-order valence-electron chi connectivity index (χ2n) is 6.53. The van der Waals surface area contributed by atoms with Crippen LogP contribution in [0.15, 0.2) is 0 Å². The summed E-state index contributed by atoms with van der Waals surface area (Å²) in [5.74, 6) is 0.816. The van der Waals surface area contributed by atoms with Crippen LogP contribution in [-0.4, -0.2) is 60.9 Å². The molecular formula is C15H29NO4. The summed E-state index contributed by atoms with van der Waals surface area (Å²) in [5, 5.41) is 23.1. The molecule has 2 unspecified atom stereocenters. The first kappa shape index (κ1) is 16.2. The topological polar surface area (TPSA) is 71.0 Å². The van der Waals surface area contributed by atoms with Crippen molar-refractivity contribution >= 4 is 0 Å². The second kappa shape index (κ2) is 7.71. The van der Waals surface area contributed by atoms with Gasteiger partial charge in [-0.3, -0.25) is 0 Å². The number of rotatable bonds is 7. The fourth-order valence-electron chi connectivity index (χ4n) is 2.91. The van der Waals surface area contributed by atoms with Gasteiger partial charge in [0.15, 0.2) is 0 Å². The second-order valence-corrected chi connectivity index (χ2v) is 6.53. The maximum Gasteiger partial charge on any atom is 0.102 e. The largest absolute Gasteiger partial charge is 0.389 e. The predicted octanol–water partition coefficient (Wildman–Crippen LogP) is 0.684. The van der Waals surface area contributed by atoms with Crippen molar-refractivity contribution in [2.45, 2.75) is 56.8 Å². The fourth-order valence-corrected chi connectivity index (χ4v) is 2.91. The van der Waals surface area contributed by atoms with Gasteiger partial charge in [-0.2, -0.15) is 0 Å². The molecule has 2 aliphatic rings. The van der Waals surface area contributed by atoms with E-state index in [0.717, 1.165) is 18.8 Å². The molecule has 1 aliphatic heterocycles. The summed E-state index contributed by atoms with van der Waals surface area (Å²) < 4.78 is 10.9. The van der Waals surface area contributed by atoms with Gasteiger partial charge in [-0.05, 0) is 31.6 Å². The van der Waals surface area contributed by atoms with E-state index in [1.54, 1.807) is 0 Å². The Bertz CT molecular complexity index is 273. The van der Waals surface area contributed by atoms with Crippen LogP contribution >= 0.6 is 0 Å². The van der Waals surface area contributed by atoms with Crippen LogP contribution in [-0.2, 0) is 9.47 Å². The third-order valence-electron chi connectivity index (χ3n) is 4.40. The Morgan fingerprint density at radius 1 is 1.35 bits per heavy atom. The van der Waals surface area contributed by atoms with Gasteiger partial charge in [-0.15, -0.1) is 0 Å². The molecule has 0 aromatic heterocycles. The molecule has 2 atom stereocenters. The van der Waals surface area contributed by atoms with Crippen LogP contribution in [0.3, 0.4) is 0 Å². The molecule has 2 rings (SSSR count). The van der Waals surface area contributed by atoms with E-state index in [-0.39, 0.29) is 0 Å². The third-order valence-corrected chi connectivity index (χ3v) is 4.40. The number of ether oxygens (including phenoxy) is 2. The molecule has 0 radical (unpaired) electrons. The highest BCUT2D eigenvalue weighted by Gasteiger charge is 2.31. The Kier molecular flexibility index (Phi) is 6.23. The van der Waals surface area contributed by atoms with Crippen LogP contribution < -0.4 is 5.32 Å². The Balaban J connectivity index is 1.53. The molecule has 1 heterocycles. The van der Waals surface area contributed by atoms with Crippen molar-refractivity contribution in [3.63, 3.8) is 0 Å². The molecule has 3 N–H and O–H groups in total. The average molecular weight is 287 g/mol. The van der Waals surface area contributed by atoms with Crippen molar-refractivity contribution < 1.29 is 19.7 Å². The molecule has 5 heteroatoms. The quantitative estimate of drug-likeness (QED) is 0.642. The van der Waals surface area contributed by atoms with E-state index in [4.69, 9.17) is 9.47 Å². The molecule has 2 fully saturated rings. The van der Waals surface area contributed by atoms with Gasteiger partial charge in [-0.25, -0.2) is 0 Å². The van der Waals surface area contributed by atoms with E-state index in [1.807, 2.05) is 0 Å². The standard InChI is InChI=1S/C15H29NO4/c1-12-2-4-14(5-3-12)20-9-13(17)8-16-10-15(18)6-7-19-11-15/h12-14,16-18H,2-11H2,1H3.